The van der Waals surface area contributed by atoms with E-state index in [9.17, 15) is 4.79 Å². The van der Waals surface area contributed by atoms with Crippen LogP contribution in [0.15, 0.2) is 59.7 Å². The summed E-state index contributed by atoms with van der Waals surface area (Å²) in [7, 11) is 1.60. The molecular weight excluding hydrogens is 322 g/mol. The molecule has 2 N–H and O–H groups in total. The fourth-order valence-corrected chi connectivity index (χ4v) is 3.17. The van der Waals surface area contributed by atoms with Crippen LogP contribution in [0.4, 0.5) is 5.69 Å². The van der Waals surface area contributed by atoms with Crippen LogP contribution in [-0.2, 0) is 11.2 Å². The van der Waals surface area contributed by atoms with E-state index in [1.54, 1.807) is 18.0 Å². The second kappa shape index (κ2) is 7.83. The van der Waals surface area contributed by atoms with Crippen molar-refractivity contribution in [3.63, 3.8) is 0 Å². The van der Waals surface area contributed by atoms with E-state index in [0.717, 1.165) is 17.7 Å². The monoisotopic (exact) mass is 345 g/mol. The molecular formula is C22H23N3O. The van der Waals surface area contributed by atoms with Crippen LogP contribution in [0.2, 0.25) is 0 Å². The zero-order valence-corrected chi connectivity index (χ0v) is 15.1. The standard InChI is InChI=1S/C22H23N3O/c1-16-5-3-4-6-18(16)9-7-17-8-10-21-19(15-17)12-14-25(21)22(26)20(24-2)11-13-23/h3-11,13,15H,12,14,23H2,1-2H3/b9-7+,13-11?,24-20?. The molecule has 0 aromatic heterocycles. The third-order valence-corrected chi connectivity index (χ3v) is 4.60. The first kappa shape index (κ1) is 17.7. The minimum Gasteiger partial charge on any atom is -0.405 e. The van der Waals surface area contributed by atoms with Crippen molar-refractivity contribution in [3.8, 4) is 0 Å². The van der Waals surface area contributed by atoms with E-state index < -0.39 is 0 Å². The Balaban J connectivity index is 1.82. The number of hydrogen-bond donors (Lipinski definition) is 1. The Bertz CT molecular complexity index is 909. The number of fused-ring (bicyclic) bond motifs is 1. The number of aryl methyl sites for hydroxylation is 1. The molecule has 0 saturated carbocycles. The van der Waals surface area contributed by atoms with Gasteiger partial charge >= 0.3 is 0 Å². The molecule has 0 radical (unpaired) electrons. The average molecular weight is 345 g/mol. The number of anilines is 1. The number of benzene rings is 2. The Labute approximate surface area is 154 Å². The third kappa shape index (κ3) is 3.59. The van der Waals surface area contributed by atoms with Gasteiger partial charge in [0.05, 0.1) is 0 Å². The number of hydrogen-bond acceptors (Lipinski definition) is 3. The Hall–Kier alpha value is -3.14. The Morgan fingerprint density at radius 3 is 2.73 bits per heavy atom. The van der Waals surface area contributed by atoms with Gasteiger partial charge in [0.15, 0.2) is 0 Å². The highest BCUT2D eigenvalue weighted by Gasteiger charge is 2.26. The van der Waals surface area contributed by atoms with E-state index in [2.05, 4.69) is 42.3 Å². The largest absolute Gasteiger partial charge is 0.405 e. The molecule has 1 amide bonds. The van der Waals surface area contributed by atoms with Crippen LogP contribution >= 0.6 is 0 Å². The topological polar surface area (TPSA) is 58.7 Å². The van der Waals surface area contributed by atoms with Gasteiger partial charge in [-0.1, -0.05) is 42.5 Å². The van der Waals surface area contributed by atoms with Gasteiger partial charge in [0.2, 0.25) is 0 Å². The molecule has 2 aromatic rings. The van der Waals surface area contributed by atoms with E-state index in [1.165, 1.54) is 22.9 Å². The molecule has 1 heterocycles. The van der Waals surface area contributed by atoms with Gasteiger partial charge in [-0.3, -0.25) is 9.79 Å². The number of carbonyl (C=O) groups excluding carboxylic acids is 1. The molecule has 0 atom stereocenters. The molecule has 0 saturated heterocycles. The van der Waals surface area contributed by atoms with Crippen LogP contribution < -0.4 is 10.6 Å². The minimum absolute atomic E-state index is 0.115. The quantitative estimate of drug-likeness (QED) is 0.680. The van der Waals surface area contributed by atoms with Gasteiger partial charge in [-0.15, -0.1) is 0 Å². The van der Waals surface area contributed by atoms with Crippen LogP contribution in [0.3, 0.4) is 0 Å². The van der Waals surface area contributed by atoms with Gasteiger partial charge in [0.25, 0.3) is 5.91 Å². The van der Waals surface area contributed by atoms with Crippen LogP contribution in [-0.4, -0.2) is 25.2 Å². The van der Waals surface area contributed by atoms with Crippen molar-refractivity contribution in [1.29, 1.82) is 0 Å². The highest BCUT2D eigenvalue weighted by Crippen LogP contribution is 2.30. The summed E-state index contributed by atoms with van der Waals surface area (Å²) in [5.41, 5.74) is 11.5. The fourth-order valence-electron chi connectivity index (χ4n) is 3.17. The first-order valence-electron chi connectivity index (χ1n) is 8.67. The van der Waals surface area contributed by atoms with Crippen molar-refractivity contribution in [2.24, 2.45) is 10.7 Å². The summed E-state index contributed by atoms with van der Waals surface area (Å²) in [6, 6.07) is 14.5. The predicted molar refractivity (Wildman–Crippen MR) is 109 cm³/mol. The van der Waals surface area contributed by atoms with Gasteiger partial charge in [0.1, 0.15) is 5.71 Å². The van der Waals surface area contributed by atoms with Crippen molar-refractivity contribution < 1.29 is 4.79 Å². The number of nitrogens with two attached hydrogens (primary N) is 1. The lowest BCUT2D eigenvalue weighted by Gasteiger charge is -2.17. The molecule has 26 heavy (non-hydrogen) atoms. The van der Waals surface area contributed by atoms with Gasteiger partial charge in [-0.2, -0.15) is 0 Å². The third-order valence-electron chi connectivity index (χ3n) is 4.60. The van der Waals surface area contributed by atoms with E-state index in [4.69, 9.17) is 5.73 Å². The zero-order chi connectivity index (χ0) is 18.5. The molecule has 2 aromatic carbocycles. The second-order valence-corrected chi connectivity index (χ2v) is 6.25. The highest BCUT2D eigenvalue weighted by molar-refractivity contribution is 6.47. The van der Waals surface area contributed by atoms with Crippen LogP contribution in [0.5, 0.6) is 0 Å². The average Bonchev–Trinajstić information content (AvgIpc) is 3.08. The molecule has 0 aliphatic carbocycles. The smallest absolute Gasteiger partial charge is 0.276 e. The van der Waals surface area contributed by atoms with Gasteiger partial charge < -0.3 is 10.6 Å². The van der Waals surface area contributed by atoms with E-state index in [1.807, 2.05) is 24.3 Å². The van der Waals surface area contributed by atoms with E-state index >= 15 is 0 Å². The summed E-state index contributed by atoms with van der Waals surface area (Å²) in [5, 5.41) is 0. The summed E-state index contributed by atoms with van der Waals surface area (Å²) in [6.45, 7) is 2.77. The number of rotatable bonds is 4. The minimum atomic E-state index is -0.115. The van der Waals surface area contributed by atoms with Gasteiger partial charge in [-0.05, 0) is 60.0 Å². The van der Waals surface area contributed by atoms with Gasteiger partial charge in [-0.25, -0.2) is 0 Å². The summed E-state index contributed by atoms with van der Waals surface area (Å²) in [5.74, 6) is -0.115. The molecule has 1 aliphatic rings. The van der Waals surface area contributed by atoms with Crippen LogP contribution in [0.25, 0.3) is 12.2 Å². The van der Waals surface area contributed by atoms with E-state index in [0.29, 0.717) is 12.3 Å². The maximum atomic E-state index is 12.6. The Morgan fingerprint density at radius 2 is 2.00 bits per heavy atom. The molecule has 0 unspecified atom stereocenters. The maximum absolute atomic E-state index is 12.6. The number of amides is 1. The second-order valence-electron chi connectivity index (χ2n) is 6.25. The fraction of sp³-hybridized carbons (Fsp3) is 0.182. The first-order valence-corrected chi connectivity index (χ1v) is 8.67. The normalized spacial score (nSPS) is 14.4. The first-order chi connectivity index (χ1) is 12.6. The molecule has 4 nitrogen and oxygen atoms in total. The van der Waals surface area contributed by atoms with E-state index in [-0.39, 0.29) is 5.91 Å². The molecule has 0 spiro atoms. The summed E-state index contributed by atoms with van der Waals surface area (Å²) >= 11 is 0. The number of aliphatic imine (C=N–C) groups is 1. The summed E-state index contributed by atoms with van der Waals surface area (Å²) < 4.78 is 0. The van der Waals surface area contributed by atoms with Gasteiger partial charge in [0, 0.05) is 19.3 Å². The highest BCUT2D eigenvalue weighted by atomic mass is 16.2. The van der Waals surface area contributed by atoms with Crippen molar-refractivity contribution >= 4 is 29.5 Å². The zero-order valence-electron chi connectivity index (χ0n) is 15.1. The van der Waals surface area contributed by atoms with Crippen LogP contribution in [0, 0.1) is 6.92 Å². The lowest BCUT2D eigenvalue weighted by atomic mass is 10.0. The predicted octanol–water partition coefficient (Wildman–Crippen LogP) is 3.60. The van der Waals surface area contributed by atoms with Crippen molar-refractivity contribution in [2.45, 2.75) is 13.3 Å². The van der Waals surface area contributed by atoms with Crippen LogP contribution in [0.1, 0.15) is 22.3 Å². The molecule has 0 bridgehead atoms. The maximum Gasteiger partial charge on any atom is 0.276 e. The summed E-state index contributed by atoms with van der Waals surface area (Å²) in [4.78, 5) is 18.4. The Morgan fingerprint density at radius 1 is 1.19 bits per heavy atom. The number of carbonyl (C=O) groups is 1. The number of nitrogens with zero attached hydrogens (tertiary/aromatic N) is 2. The summed E-state index contributed by atoms with van der Waals surface area (Å²) in [6.07, 6.45) is 7.97. The lowest BCUT2D eigenvalue weighted by molar-refractivity contribution is -0.112. The van der Waals surface area contributed by atoms with Crippen molar-refractivity contribution in [3.05, 3.63) is 77.0 Å². The molecule has 132 valence electrons. The molecule has 3 rings (SSSR count). The molecule has 1 aliphatic heterocycles. The lowest BCUT2D eigenvalue weighted by Crippen LogP contribution is -2.34. The molecule has 0 fully saturated rings. The SMILES string of the molecule is CN=C(C=CN)C(=O)N1CCc2cc(/C=C/c3ccccc3C)ccc21. The van der Waals surface area contributed by atoms with Crippen molar-refractivity contribution in [2.75, 3.05) is 18.5 Å². The Kier molecular flexibility index (Phi) is 5.32. The molecule has 4 heteroatoms. The van der Waals surface area contributed by atoms with Crippen molar-refractivity contribution in [1.82, 2.24) is 0 Å².